The number of hydrogen-bond acceptors (Lipinski definition) is 7. The van der Waals surface area contributed by atoms with E-state index in [2.05, 4.69) is 5.32 Å². The largest absolute Gasteiger partial charge is 0.506 e. The average Bonchev–Trinajstić information content (AvgIpc) is 2.67. The second kappa shape index (κ2) is 9.18. The molecule has 0 unspecified atom stereocenters. The monoisotopic (exact) mass is 408 g/mol. The van der Waals surface area contributed by atoms with E-state index in [1.807, 2.05) is 0 Å². The number of carbonyl (C=O) groups is 1. The van der Waals surface area contributed by atoms with Crippen molar-refractivity contribution in [1.82, 2.24) is 0 Å². The number of nitro benzene ring substituents is 1. The van der Waals surface area contributed by atoms with Crippen LogP contribution in [0.1, 0.15) is 19.8 Å². The number of anilines is 1. The van der Waals surface area contributed by atoms with E-state index in [0.717, 1.165) is 0 Å². The fourth-order valence-corrected chi connectivity index (χ4v) is 3.24. The van der Waals surface area contributed by atoms with Gasteiger partial charge in [-0.3, -0.25) is 14.9 Å². The molecule has 1 amide bonds. The predicted octanol–water partition coefficient (Wildman–Crippen LogP) is 2.89. The van der Waals surface area contributed by atoms with E-state index >= 15 is 0 Å². The van der Waals surface area contributed by atoms with Crippen LogP contribution in [0.3, 0.4) is 0 Å². The summed E-state index contributed by atoms with van der Waals surface area (Å²) in [5.41, 5.74) is -0.162. The number of nitro groups is 1. The molecule has 150 valence electrons. The Morgan fingerprint density at radius 2 is 1.96 bits per heavy atom. The van der Waals surface area contributed by atoms with Crippen LogP contribution in [0.4, 0.5) is 11.4 Å². The fourth-order valence-electron chi connectivity index (χ4n) is 2.33. The van der Waals surface area contributed by atoms with Crippen molar-refractivity contribution in [3.63, 3.8) is 0 Å². The van der Waals surface area contributed by atoms with Crippen LogP contribution >= 0.6 is 0 Å². The summed E-state index contributed by atoms with van der Waals surface area (Å²) in [5, 5.41) is 23.2. The van der Waals surface area contributed by atoms with Gasteiger partial charge >= 0.3 is 5.69 Å². The van der Waals surface area contributed by atoms with Crippen molar-refractivity contribution in [2.75, 3.05) is 17.7 Å². The first kappa shape index (κ1) is 21.2. The molecule has 2 aromatic rings. The van der Waals surface area contributed by atoms with E-state index in [-0.39, 0.29) is 53.0 Å². The summed E-state index contributed by atoms with van der Waals surface area (Å²) < 4.78 is 29.2. The van der Waals surface area contributed by atoms with Gasteiger partial charge in [0, 0.05) is 12.5 Å². The Labute approximate surface area is 162 Å². The molecule has 0 radical (unpaired) electrons. The van der Waals surface area contributed by atoms with Crippen LogP contribution in [0.2, 0.25) is 0 Å². The summed E-state index contributed by atoms with van der Waals surface area (Å²) >= 11 is 0. The number of nitrogens with zero attached hydrogens (tertiary/aromatic N) is 1. The Hall–Kier alpha value is -3.14. The van der Waals surface area contributed by atoms with Crippen LogP contribution in [0.25, 0.3) is 0 Å². The second-order valence-electron chi connectivity index (χ2n) is 5.81. The van der Waals surface area contributed by atoms with E-state index in [4.69, 9.17) is 4.74 Å². The van der Waals surface area contributed by atoms with Crippen LogP contribution in [0, 0.1) is 10.1 Å². The fraction of sp³-hybridized carbons (Fsp3) is 0.278. The Kier molecular flexibility index (Phi) is 6.94. The number of nitrogens with one attached hydrogen (secondary N) is 1. The highest BCUT2D eigenvalue weighted by atomic mass is 32.2. The van der Waals surface area contributed by atoms with Gasteiger partial charge in [0.25, 0.3) is 0 Å². The van der Waals surface area contributed by atoms with Gasteiger partial charge in [-0.05, 0) is 30.7 Å². The molecule has 2 N–H and O–H groups in total. The number of aromatic hydroxyl groups is 1. The van der Waals surface area contributed by atoms with E-state index in [9.17, 15) is 28.4 Å². The summed E-state index contributed by atoms with van der Waals surface area (Å²) in [6.07, 6.45) is 0.288. The molecule has 28 heavy (non-hydrogen) atoms. The van der Waals surface area contributed by atoms with Crippen LogP contribution in [-0.4, -0.2) is 36.7 Å². The number of para-hydroxylation sites is 2. The molecule has 0 aliphatic rings. The van der Waals surface area contributed by atoms with Crippen LogP contribution in [0.15, 0.2) is 47.4 Å². The first-order chi connectivity index (χ1) is 13.2. The van der Waals surface area contributed by atoms with Gasteiger partial charge in [-0.15, -0.1) is 0 Å². The van der Waals surface area contributed by atoms with Crippen molar-refractivity contribution in [3.05, 3.63) is 52.6 Å². The summed E-state index contributed by atoms with van der Waals surface area (Å²) in [6.45, 7) is 1.58. The number of phenols is 1. The predicted molar refractivity (Wildman–Crippen MR) is 102 cm³/mol. The maximum absolute atomic E-state index is 12.0. The van der Waals surface area contributed by atoms with E-state index in [0.29, 0.717) is 0 Å². The highest BCUT2D eigenvalue weighted by molar-refractivity contribution is 7.91. The summed E-state index contributed by atoms with van der Waals surface area (Å²) in [6, 6.07) is 9.60. The van der Waals surface area contributed by atoms with E-state index in [1.165, 1.54) is 43.3 Å². The lowest BCUT2D eigenvalue weighted by Crippen LogP contribution is -2.14. The number of phenolic OH excluding ortho intramolecular Hbond substituents is 1. The van der Waals surface area contributed by atoms with Crippen LogP contribution < -0.4 is 10.1 Å². The number of sulfone groups is 1. The second-order valence-corrected chi connectivity index (χ2v) is 8.09. The molecule has 0 atom stereocenters. The molecule has 0 aliphatic carbocycles. The summed E-state index contributed by atoms with van der Waals surface area (Å²) in [4.78, 5) is 22.4. The Morgan fingerprint density at radius 3 is 2.64 bits per heavy atom. The van der Waals surface area contributed by atoms with Crippen molar-refractivity contribution < 1.29 is 28.0 Å². The normalized spacial score (nSPS) is 11.0. The zero-order chi connectivity index (χ0) is 20.7. The molecule has 2 aromatic carbocycles. The van der Waals surface area contributed by atoms with Crippen molar-refractivity contribution >= 4 is 27.1 Å². The highest BCUT2D eigenvalue weighted by Gasteiger charge is 2.16. The lowest BCUT2D eigenvalue weighted by atomic mass is 10.2. The number of hydrogen-bond donors (Lipinski definition) is 2. The smallest absolute Gasteiger partial charge is 0.310 e. The van der Waals surface area contributed by atoms with Gasteiger partial charge in [-0.2, -0.15) is 0 Å². The minimum atomic E-state index is -3.47. The summed E-state index contributed by atoms with van der Waals surface area (Å²) in [7, 11) is -3.47. The molecular formula is C18H20N2O7S. The van der Waals surface area contributed by atoms with Gasteiger partial charge in [-0.1, -0.05) is 19.1 Å². The molecule has 0 heterocycles. The zero-order valence-corrected chi connectivity index (χ0v) is 15.9. The Morgan fingerprint density at radius 1 is 1.25 bits per heavy atom. The molecular weight excluding hydrogens is 388 g/mol. The number of benzene rings is 2. The molecule has 0 fully saturated rings. The van der Waals surface area contributed by atoms with Crippen molar-refractivity contribution in [1.29, 1.82) is 0 Å². The van der Waals surface area contributed by atoms with Crippen molar-refractivity contribution in [2.45, 2.75) is 24.7 Å². The molecule has 0 saturated heterocycles. The standard InChI is InChI=1S/C18H20N2O7S/c1-2-28(25,26)13-9-10-16(21)14(12-13)19-18(22)8-5-11-27-17-7-4-3-6-15(17)20(23)24/h3-4,6-7,9-10,12,21H,2,5,8,11H2,1H3,(H,19,22). The maximum atomic E-state index is 12.0. The number of ether oxygens (including phenoxy) is 1. The molecule has 10 heteroatoms. The average molecular weight is 408 g/mol. The van der Waals surface area contributed by atoms with Gasteiger partial charge in [0.15, 0.2) is 15.6 Å². The molecule has 9 nitrogen and oxygen atoms in total. The Balaban J connectivity index is 1.92. The lowest BCUT2D eigenvalue weighted by Gasteiger charge is -2.10. The number of carbonyl (C=O) groups excluding carboxylic acids is 1. The van der Waals surface area contributed by atoms with Gasteiger partial charge < -0.3 is 15.2 Å². The Bertz CT molecular complexity index is 974. The molecule has 0 spiro atoms. The molecule has 2 rings (SSSR count). The minimum Gasteiger partial charge on any atom is -0.506 e. The van der Waals surface area contributed by atoms with Crippen molar-refractivity contribution in [2.24, 2.45) is 0 Å². The number of rotatable bonds is 9. The minimum absolute atomic E-state index is 0.000796. The summed E-state index contributed by atoms with van der Waals surface area (Å²) in [5.74, 6) is -0.691. The third kappa shape index (κ3) is 5.43. The zero-order valence-electron chi connectivity index (χ0n) is 15.1. The SMILES string of the molecule is CCS(=O)(=O)c1ccc(O)c(NC(=O)CCCOc2ccccc2[N+](=O)[O-])c1. The number of amides is 1. The van der Waals surface area contributed by atoms with Crippen molar-refractivity contribution in [3.8, 4) is 11.5 Å². The first-order valence-corrected chi connectivity index (χ1v) is 10.1. The first-order valence-electron chi connectivity index (χ1n) is 8.46. The van der Waals surface area contributed by atoms with Gasteiger partial charge in [0.1, 0.15) is 5.75 Å². The van der Waals surface area contributed by atoms with Gasteiger partial charge in [0.2, 0.25) is 5.91 Å². The van der Waals surface area contributed by atoms with Gasteiger partial charge in [0.05, 0.1) is 27.9 Å². The topological polar surface area (TPSA) is 136 Å². The van der Waals surface area contributed by atoms with E-state index in [1.54, 1.807) is 6.07 Å². The highest BCUT2D eigenvalue weighted by Crippen LogP contribution is 2.28. The molecule has 0 saturated carbocycles. The third-order valence-electron chi connectivity index (χ3n) is 3.85. The lowest BCUT2D eigenvalue weighted by molar-refractivity contribution is -0.385. The van der Waals surface area contributed by atoms with Crippen LogP contribution in [-0.2, 0) is 14.6 Å². The molecule has 0 aromatic heterocycles. The molecule has 0 bridgehead atoms. The maximum Gasteiger partial charge on any atom is 0.310 e. The van der Waals surface area contributed by atoms with E-state index < -0.39 is 20.7 Å². The molecule has 0 aliphatic heterocycles. The van der Waals surface area contributed by atoms with Crippen LogP contribution in [0.5, 0.6) is 11.5 Å². The quantitative estimate of drug-likeness (QED) is 0.282. The third-order valence-corrected chi connectivity index (χ3v) is 5.58. The van der Waals surface area contributed by atoms with Gasteiger partial charge in [-0.25, -0.2) is 8.42 Å².